The fourth-order valence-corrected chi connectivity index (χ4v) is 2.60. The Labute approximate surface area is 119 Å². The van der Waals surface area contributed by atoms with Crippen molar-refractivity contribution in [2.45, 2.75) is 0 Å². The average molecular weight is 305 g/mol. The molecule has 0 N–H and O–H groups in total. The Balaban J connectivity index is 1.89. The largest absolute Gasteiger partial charge is 0.375 e. The van der Waals surface area contributed by atoms with Gasteiger partial charge in [0.1, 0.15) is 6.61 Å². The third kappa shape index (κ3) is 3.40. The Hall–Kier alpha value is -1.25. The number of halogens is 1. The van der Waals surface area contributed by atoms with Crippen LogP contribution in [0, 0.1) is 0 Å². The van der Waals surface area contributed by atoms with E-state index in [9.17, 15) is 9.59 Å². The van der Waals surface area contributed by atoms with Crippen LogP contribution >= 0.6 is 22.9 Å². The van der Waals surface area contributed by atoms with Crippen molar-refractivity contribution in [3.8, 4) is 0 Å². The van der Waals surface area contributed by atoms with E-state index >= 15 is 0 Å². The molecule has 0 saturated carbocycles. The normalized spacial score (nSPS) is 15.7. The summed E-state index contributed by atoms with van der Waals surface area (Å²) in [4.78, 5) is 27.0. The van der Waals surface area contributed by atoms with Crippen molar-refractivity contribution in [3.63, 3.8) is 0 Å². The van der Waals surface area contributed by atoms with Crippen LogP contribution in [0.3, 0.4) is 0 Å². The summed E-state index contributed by atoms with van der Waals surface area (Å²) in [6, 6.07) is 0. The smallest absolute Gasteiger partial charge is 0.285 e. The first kappa shape index (κ1) is 14.2. The highest BCUT2D eigenvalue weighted by atomic mass is 35.5. The van der Waals surface area contributed by atoms with Crippen LogP contribution < -0.4 is 0 Å². The molecule has 1 aliphatic heterocycles. The highest BCUT2D eigenvalue weighted by Gasteiger charge is 2.26. The highest BCUT2D eigenvalue weighted by molar-refractivity contribution is 7.17. The zero-order valence-electron chi connectivity index (χ0n) is 10.3. The molecule has 1 fully saturated rings. The molecule has 2 heterocycles. The number of amides is 2. The maximum absolute atomic E-state index is 12.1. The first-order chi connectivity index (χ1) is 9.11. The zero-order chi connectivity index (χ0) is 13.8. The van der Waals surface area contributed by atoms with Gasteiger partial charge in [-0.25, -0.2) is 0 Å². The minimum atomic E-state index is -0.191. The number of methoxy groups -OCH3 is 1. The molecule has 0 atom stereocenters. The van der Waals surface area contributed by atoms with E-state index in [1.54, 1.807) is 9.80 Å². The lowest BCUT2D eigenvalue weighted by atomic mass is 10.3. The van der Waals surface area contributed by atoms with E-state index in [0.717, 1.165) is 11.3 Å². The number of carbonyl (C=O) groups is 2. The second kappa shape index (κ2) is 6.27. The summed E-state index contributed by atoms with van der Waals surface area (Å²) in [5.74, 6) is -0.253. The number of hydrogen-bond donors (Lipinski definition) is 0. The van der Waals surface area contributed by atoms with Gasteiger partial charge >= 0.3 is 0 Å². The first-order valence-electron chi connectivity index (χ1n) is 5.67. The molecule has 9 heteroatoms. The molecular formula is C10H13ClN4O3S. The lowest BCUT2D eigenvalue weighted by Gasteiger charge is -2.34. The summed E-state index contributed by atoms with van der Waals surface area (Å²) < 4.78 is 5.05. The van der Waals surface area contributed by atoms with Crippen LogP contribution in [-0.2, 0) is 9.53 Å². The molecule has 0 aromatic carbocycles. The van der Waals surface area contributed by atoms with Gasteiger partial charge in [0.25, 0.3) is 5.91 Å². The van der Waals surface area contributed by atoms with Crippen molar-refractivity contribution in [1.82, 2.24) is 20.0 Å². The lowest BCUT2D eigenvalue weighted by Crippen LogP contribution is -2.51. The van der Waals surface area contributed by atoms with E-state index < -0.39 is 0 Å². The molecule has 2 amide bonds. The minimum absolute atomic E-state index is 0.0615. The molecule has 0 aliphatic carbocycles. The second-order valence-corrected chi connectivity index (χ2v) is 5.53. The highest BCUT2D eigenvalue weighted by Crippen LogP contribution is 2.17. The molecule has 1 aromatic heterocycles. The van der Waals surface area contributed by atoms with Gasteiger partial charge in [-0.3, -0.25) is 9.59 Å². The van der Waals surface area contributed by atoms with E-state index in [-0.39, 0.29) is 27.9 Å². The predicted molar refractivity (Wildman–Crippen MR) is 69.3 cm³/mol. The standard InChI is InChI=1S/C10H13ClN4O3S/c1-18-6-7(16)14-2-4-15(5-3-14)9(17)8-12-13-10(11)19-8/h2-6H2,1H3. The number of ether oxygens (including phenoxy) is 1. The van der Waals surface area contributed by atoms with Gasteiger partial charge in [0.2, 0.25) is 15.4 Å². The zero-order valence-corrected chi connectivity index (χ0v) is 11.9. The molecule has 1 aliphatic rings. The van der Waals surface area contributed by atoms with Crippen LogP contribution in [0.1, 0.15) is 9.80 Å². The summed E-state index contributed by atoms with van der Waals surface area (Å²) in [5, 5.41) is 7.60. The van der Waals surface area contributed by atoms with E-state index in [2.05, 4.69) is 10.2 Å². The van der Waals surface area contributed by atoms with E-state index in [0.29, 0.717) is 26.2 Å². The summed E-state index contributed by atoms with van der Waals surface area (Å²) in [6.07, 6.45) is 0. The first-order valence-corrected chi connectivity index (χ1v) is 6.86. The molecule has 1 saturated heterocycles. The molecule has 19 heavy (non-hydrogen) atoms. The fourth-order valence-electron chi connectivity index (χ4n) is 1.80. The number of rotatable bonds is 3. The second-order valence-electron chi connectivity index (χ2n) is 3.97. The molecule has 0 radical (unpaired) electrons. The summed E-state index contributed by atoms with van der Waals surface area (Å²) in [6.45, 7) is 2.03. The Morgan fingerprint density at radius 3 is 2.42 bits per heavy atom. The maximum Gasteiger partial charge on any atom is 0.285 e. The Kier molecular flexibility index (Phi) is 4.67. The topological polar surface area (TPSA) is 75.6 Å². The van der Waals surface area contributed by atoms with Crippen molar-refractivity contribution in [2.75, 3.05) is 39.9 Å². The Bertz CT molecular complexity index is 473. The molecule has 0 bridgehead atoms. The van der Waals surface area contributed by atoms with Gasteiger partial charge in [-0.15, -0.1) is 10.2 Å². The minimum Gasteiger partial charge on any atom is -0.375 e. The monoisotopic (exact) mass is 304 g/mol. The van der Waals surface area contributed by atoms with Gasteiger partial charge in [-0.1, -0.05) is 11.3 Å². The molecule has 0 spiro atoms. The van der Waals surface area contributed by atoms with Crippen LogP contribution in [0.2, 0.25) is 4.47 Å². The Morgan fingerprint density at radius 1 is 1.26 bits per heavy atom. The molecule has 1 aromatic rings. The van der Waals surface area contributed by atoms with Gasteiger partial charge < -0.3 is 14.5 Å². The SMILES string of the molecule is COCC(=O)N1CCN(C(=O)c2nnc(Cl)s2)CC1. The number of aromatic nitrogens is 2. The van der Waals surface area contributed by atoms with Crippen LogP contribution in [0.4, 0.5) is 0 Å². The third-order valence-electron chi connectivity index (χ3n) is 2.77. The number of nitrogens with zero attached hydrogens (tertiary/aromatic N) is 4. The predicted octanol–water partition coefficient (Wildman–Crippen LogP) is 0.122. The Morgan fingerprint density at radius 2 is 1.89 bits per heavy atom. The van der Waals surface area contributed by atoms with E-state index in [1.165, 1.54) is 7.11 Å². The van der Waals surface area contributed by atoms with Crippen molar-refractivity contribution in [1.29, 1.82) is 0 Å². The summed E-state index contributed by atoms with van der Waals surface area (Å²) in [7, 11) is 1.48. The molecule has 104 valence electrons. The molecular weight excluding hydrogens is 292 g/mol. The summed E-state index contributed by atoms with van der Waals surface area (Å²) >= 11 is 6.71. The van der Waals surface area contributed by atoms with Gasteiger partial charge in [0.05, 0.1) is 0 Å². The molecule has 7 nitrogen and oxygen atoms in total. The fraction of sp³-hybridized carbons (Fsp3) is 0.600. The van der Waals surface area contributed by atoms with E-state index in [4.69, 9.17) is 16.3 Å². The number of carbonyl (C=O) groups excluding carboxylic acids is 2. The number of piperazine rings is 1. The lowest BCUT2D eigenvalue weighted by molar-refractivity contribution is -0.136. The van der Waals surface area contributed by atoms with Crippen molar-refractivity contribution in [3.05, 3.63) is 9.47 Å². The van der Waals surface area contributed by atoms with Gasteiger partial charge in [-0.2, -0.15) is 0 Å². The van der Waals surface area contributed by atoms with Gasteiger partial charge in [0, 0.05) is 33.3 Å². The van der Waals surface area contributed by atoms with Crippen LogP contribution in [-0.4, -0.2) is 71.7 Å². The summed E-state index contributed by atoms with van der Waals surface area (Å²) in [5.41, 5.74) is 0. The van der Waals surface area contributed by atoms with Crippen molar-refractivity contribution >= 4 is 34.8 Å². The quantitative estimate of drug-likeness (QED) is 0.793. The van der Waals surface area contributed by atoms with Gasteiger partial charge in [-0.05, 0) is 11.6 Å². The average Bonchev–Trinajstić information content (AvgIpc) is 2.85. The van der Waals surface area contributed by atoms with Crippen LogP contribution in [0.25, 0.3) is 0 Å². The van der Waals surface area contributed by atoms with Crippen molar-refractivity contribution in [2.24, 2.45) is 0 Å². The maximum atomic E-state index is 12.1. The molecule has 0 unspecified atom stereocenters. The third-order valence-corrected chi connectivity index (χ3v) is 3.78. The van der Waals surface area contributed by atoms with Crippen molar-refractivity contribution < 1.29 is 14.3 Å². The van der Waals surface area contributed by atoms with Crippen LogP contribution in [0.5, 0.6) is 0 Å². The van der Waals surface area contributed by atoms with Gasteiger partial charge in [0.15, 0.2) is 0 Å². The van der Waals surface area contributed by atoms with E-state index in [1.807, 2.05) is 0 Å². The molecule has 2 rings (SSSR count). The van der Waals surface area contributed by atoms with Crippen LogP contribution in [0.15, 0.2) is 0 Å². The number of hydrogen-bond acceptors (Lipinski definition) is 6.